The van der Waals surface area contributed by atoms with E-state index in [4.69, 9.17) is 58.0 Å². The number of anilines is 5. The van der Waals surface area contributed by atoms with Gasteiger partial charge in [0.25, 0.3) is 0 Å². The lowest BCUT2D eigenvalue weighted by Crippen LogP contribution is -2.33. The van der Waals surface area contributed by atoms with E-state index in [1.165, 1.54) is 188 Å². The van der Waals surface area contributed by atoms with Gasteiger partial charge in [-0.15, -0.1) is 0 Å². The van der Waals surface area contributed by atoms with Crippen molar-refractivity contribution < 1.29 is 0 Å². The summed E-state index contributed by atoms with van der Waals surface area (Å²) in [5.74, 6) is 0. The minimum absolute atomic E-state index is 0.725. The average Bonchev–Trinajstić information content (AvgIpc) is 0.843. The normalized spacial score (nSPS) is 11.6. The van der Waals surface area contributed by atoms with Crippen LogP contribution in [0.25, 0.3) is 54.5 Å². The van der Waals surface area contributed by atoms with Gasteiger partial charge < -0.3 is 75.6 Å². The maximum atomic E-state index is 6.07. The number of benzene rings is 5. The molecule has 5 N–H and O–H groups in total. The summed E-state index contributed by atoms with van der Waals surface area (Å²) in [5.41, 5.74) is 10.4. The first kappa shape index (κ1) is 117. The average molecular weight is 1960 g/mol. The molecule has 0 saturated heterocycles. The monoisotopic (exact) mass is 1950 g/mol. The molecule has 0 bridgehead atoms. The van der Waals surface area contributed by atoms with Crippen molar-refractivity contribution in [3.8, 4) is 0 Å². The van der Waals surface area contributed by atoms with Crippen LogP contribution in [0.4, 0.5) is 28.4 Å². The summed E-state index contributed by atoms with van der Waals surface area (Å²) >= 11 is 30.3. The highest BCUT2D eigenvalue weighted by molar-refractivity contribution is 6.33. The molecule has 135 heavy (non-hydrogen) atoms. The molecule has 0 unspecified atom stereocenters. The Morgan fingerprint density at radius 3 is 0.585 bits per heavy atom. The van der Waals surface area contributed by atoms with Crippen LogP contribution in [0.5, 0.6) is 0 Å². The molecular weight excluding hydrogens is 1780 g/mol. The number of nitrogens with one attached hydrogen (secondary N) is 5. The third-order valence-electron chi connectivity index (χ3n) is 26.1. The van der Waals surface area contributed by atoms with Gasteiger partial charge in [-0.1, -0.05) is 181 Å². The first-order valence-corrected chi connectivity index (χ1v) is 53.9. The zero-order valence-corrected chi connectivity index (χ0v) is 89.7. The maximum absolute atomic E-state index is 6.07. The van der Waals surface area contributed by atoms with Gasteiger partial charge in [0.2, 0.25) is 0 Å². The van der Waals surface area contributed by atoms with Crippen molar-refractivity contribution in [2.75, 3.05) is 256 Å². The Hall–Kier alpha value is -6.80. The molecule has 10 rings (SSSR count). The number of likely N-dealkylation sites (N-methyl/N-ethyl adjacent to an activating group) is 1. The Kier molecular flexibility index (Phi) is 62.0. The van der Waals surface area contributed by atoms with Crippen LogP contribution in [-0.4, -0.2) is 303 Å². The second kappa shape index (κ2) is 71.6. The molecule has 5 aromatic heterocycles. The number of pyridine rings is 5. The van der Waals surface area contributed by atoms with Gasteiger partial charge in [-0.3, -0.25) is 24.9 Å². The number of aromatic nitrogens is 5. The Morgan fingerprint density at radius 1 is 0.178 bits per heavy atom. The van der Waals surface area contributed by atoms with E-state index in [9.17, 15) is 0 Å². The lowest BCUT2D eigenvalue weighted by molar-refractivity contribution is 0.240. The molecule has 20 nitrogen and oxygen atoms in total. The highest BCUT2D eigenvalue weighted by atomic mass is 35.5. The fourth-order valence-corrected chi connectivity index (χ4v) is 18.1. The van der Waals surface area contributed by atoms with Gasteiger partial charge in [0, 0.05) is 151 Å². The van der Waals surface area contributed by atoms with Gasteiger partial charge >= 0.3 is 0 Å². The van der Waals surface area contributed by atoms with E-state index >= 15 is 0 Å². The number of nitrogens with zero attached hydrogens (tertiary/aromatic N) is 15. The largest absolute Gasteiger partial charge is 0.384 e. The molecule has 0 atom stereocenters. The highest BCUT2D eigenvalue weighted by Gasteiger charge is 2.15. The highest BCUT2D eigenvalue weighted by Crippen LogP contribution is 2.30. The van der Waals surface area contributed by atoms with E-state index in [2.05, 4.69) is 204 Å². The second-order valence-corrected chi connectivity index (χ2v) is 37.0. The molecule has 0 aliphatic carbocycles. The molecule has 750 valence electrons. The van der Waals surface area contributed by atoms with Crippen LogP contribution >= 0.6 is 58.0 Å². The Labute approximate surface area is 842 Å². The van der Waals surface area contributed by atoms with E-state index in [-0.39, 0.29) is 0 Å². The van der Waals surface area contributed by atoms with Crippen molar-refractivity contribution in [1.82, 2.24) is 73.9 Å². The summed E-state index contributed by atoms with van der Waals surface area (Å²) in [6, 6.07) is 39.6. The molecule has 10 aromatic rings. The van der Waals surface area contributed by atoms with E-state index in [0.29, 0.717) is 0 Å². The van der Waals surface area contributed by atoms with Crippen molar-refractivity contribution in [2.24, 2.45) is 0 Å². The van der Waals surface area contributed by atoms with Gasteiger partial charge in [-0.2, -0.15) is 0 Å². The van der Waals surface area contributed by atoms with E-state index in [0.717, 1.165) is 245 Å². The summed E-state index contributed by atoms with van der Waals surface area (Å²) in [7, 11) is 0. The molecule has 0 amide bonds. The van der Waals surface area contributed by atoms with Crippen molar-refractivity contribution in [3.63, 3.8) is 0 Å². The SMILES string of the molecule is CCN(CC)CCCN(CC)CCCCCCNc1ccnc2cc(Cl)ccc12.CCN(CC)CCCN(CC)CCCCCNc1ccnc2cc(Cl)ccc12.CCN(CC)CCCN(CC)CCCCNc1ccnc2cc(Cl)ccc12.CCN(CC)CCCN(CC)CCCNc1ccnc2cc(Cl)ccc12.CCN(CC)CCCN(CC)CCNc1ccnc2cc(Cl)ccc12. The number of fused-ring (bicyclic) bond motifs is 5. The number of rotatable bonds is 65. The van der Waals surface area contributed by atoms with Gasteiger partial charge in [-0.25, -0.2) is 0 Å². The van der Waals surface area contributed by atoms with Crippen molar-refractivity contribution in [1.29, 1.82) is 0 Å². The molecule has 25 heteroatoms. The smallest absolute Gasteiger partial charge is 0.0737 e. The maximum Gasteiger partial charge on any atom is 0.0737 e. The lowest BCUT2D eigenvalue weighted by Gasteiger charge is -2.23. The molecule has 0 fully saturated rings. The molecule has 5 aromatic carbocycles. The van der Waals surface area contributed by atoms with Crippen LogP contribution in [0.2, 0.25) is 25.1 Å². The zero-order valence-electron chi connectivity index (χ0n) is 85.9. The van der Waals surface area contributed by atoms with Gasteiger partial charge in [0.05, 0.1) is 27.6 Å². The lowest BCUT2D eigenvalue weighted by atomic mass is 10.1. The van der Waals surface area contributed by atoms with Crippen LogP contribution in [-0.2, 0) is 0 Å². The Bertz CT molecular complexity index is 4720. The fourth-order valence-electron chi connectivity index (χ4n) is 17.3. The number of unbranched alkanes of at least 4 members (excludes halogenated alkanes) is 6. The minimum Gasteiger partial charge on any atom is -0.384 e. The quantitative estimate of drug-likeness (QED) is 0.0229. The summed E-state index contributed by atoms with van der Waals surface area (Å²) in [6.45, 7) is 73.7. The molecule has 5 heterocycles. The predicted molar refractivity (Wildman–Crippen MR) is 595 cm³/mol. The molecular formula is C110H175Cl5N20. The zero-order chi connectivity index (χ0) is 97.4. The predicted octanol–water partition coefficient (Wildman–Crippen LogP) is 25.7. The van der Waals surface area contributed by atoms with Crippen LogP contribution in [0, 0.1) is 0 Å². The van der Waals surface area contributed by atoms with Gasteiger partial charge in [0.15, 0.2) is 0 Å². The standard InChI is InChI=1S/C24H39ClN4.C23H37ClN4.C22H35ClN4.C21H33ClN4.C20H31ClN4/c1-4-28(5-2)18-11-19-29(6-3)17-10-8-7-9-15-26-23-14-16-27-24-20-21(25)12-13-22(23)24;1-4-27(5-2)17-10-18-28(6-3)16-9-7-8-14-25-22-13-15-26-23-19-20(24)11-12-21(22)23;1-4-26(5-2)16-9-17-27(6-3)15-8-7-13-24-21-12-14-25-22-18-19(23)10-11-20(21)22;1-4-25(5-2)15-8-16-26(6-3)14-7-12-23-20-11-13-24-21-17-18(22)9-10-19(20)21;1-4-24(5-2)13-7-14-25(6-3)15-12-23-19-10-11-22-20-16-17(21)8-9-18(19)20/h12-14,16,20H,4-11,15,17-19H2,1-3H3,(H,26,27);11-13,15,19H,4-10,14,16-18H2,1-3H3,(H,25,26);10-12,14,18H,4-9,13,15-17H2,1-3H3,(H,24,25);9-11,13,17H,4-8,12,14-16H2,1-3H3,(H,23,24);8-11,16H,4-7,12-15H2,1-3H3,(H,22,23). The Balaban J connectivity index is 0.000000259. The van der Waals surface area contributed by atoms with Crippen molar-refractivity contribution in [3.05, 3.63) is 177 Å². The summed E-state index contributed by atoms with van der Waals surface area (Å²) in [5, 5.41) is 27.1. The van der Waals surface area contributed by atoms with Crippen LogP contribution in [0.15, 0.2) is 152 Å². The first-order chi connectivity index (χ1) is 65.9. The van der Waals surface area contributed by atoms with Crippen molar-refractivity contribution >= 4 is 141 Å². The number of hydrogen-bond donors (Lipinski definition) is 5. The van der Waals surface area contributed by atoms with Crippen molar-refractivity contribution in [2.45, 2.75) is 200 Å². The van der Waals surface area contributed by atoms with E-state index in [1.807, 2.05) is 152 Å². The number of halogens is 5. The molecule has 0 saturated carbocycles. The van der Waals surface area contributed by atoms with Gasteiger partial charge in [-0.05, 0) is 388 Å². The molecule has 0 aliphatic rings. The fraction of sp³-hybridized carbons (Fsp3) is 0.591. The minimum atomic E-state index is 0.725. The first-order valence-electron chi connectivity index (χ1n) is 52.0. The summed E-state index contributed by atoms with van der Waals surface area (Å²) < 4.78 is 0. The molecule has 0 aliphatic heterocycles. The van der Waals surface area contributed by atoms with E-state index in [1.54, 1.807) is 0 Å². The summed E-state index contributed by atoms with van der Waals surface area (Å²) in [6.07, 6.45) is 27.8. The van der Waals surface area contributed by atoms with Crippen LogP contribution < -0.4 is 26.6 Å². The third-order valence-corrected chi connectivity index (χ3v) is 27.3. The number of hydrogen-bond acceptors (Lipinski definition) is 20. The second-order valence-electron chi connectivity index (χ2n) is 34.8. The van der Waals surface area contributed by atoms with E-state index < -0.39 is 0 Å². The Morgan fingerprint density at radius 2 is 0.348 bits per heavy atom. The van der Waals surface area contributed by atoms with Crippen LogP contribution in [0.3, 0.4) is 0 Å². The van der Waals surface area contributed by atoms with Gasteiger partial charge in [0.1, 0.15) is 0 Å². The molecule has 0 radical (unpaired) electrons. The third kappa shape index (κ3) is 46.0. The summed E-state index contributed by atoms with van der Waals surface area (Å²) in [4.78, 5) is 47.4. The topological polar surface area (TPSA) is 157 Å². The molecule has 0 spiro atoms. The van der Waals surface area contributed by atoms with Crippen LogP contribution in [0.1, 0.15) is 200 Å².